The molecule has 0 aromatic carbocycles. The second kappa shape index (κ2) is 6.15. The average molecular weight is 262 g/mol. The summed E-state index contributed by atoms with van der Waals surface area (Å²) in [6.45, 7) is 2.94. The van der Waals surface area contributed by atoms with Crippen molar-refractivity contribution < 1.29 is 0 Å². The summed E-state index contributed by atoms with van der Waals surface area (Å²) in [7, 11) is 0. The van der Waals surface area contributed by atoms with Crippen molar-refractivity contribution in [2.45, 2.75) is 23.4 Å². The van der Waals surface area contributed by atoms with Crippen LogP contribution in [-0.4, -0.2) is 26.5 Å². The zero-order valence-electron chi connectivity index (χ0n) is 10.00. The van der Waals surface area contributed by atoms with E-state index < -0.39 is 0 Å². The van der Waals surface area contributed by atoms with E-state index in [4.69, 9.17) is 5.73 Å². The molecule has 0 bridgehead atoms. The molecular weight excluding hydrogens is 248 g/mol. The van der Waals surface area contributed by atoms with Crippen molar-refractivity contribution in [3.05, 3.63) is 24.7 Å². The van der Waals surface area contributed by atoms with E-state index in [0.717, 1.165) is 28.8 Å². The van der Waals surface area contributed by atoms with Gasteiger partial charge >= 0.3 is 0 Å². The van der Waals surface area contributed by atoms with Crippen LogP contribution >= 0.6 is 11.8 Å². The van der Waals surface area contributed by atoms with Crippen molar-refractivity contribution in [1.29, 1.82) is 0 Å². The summed E-state index contributed by atoms with van der Waals surface area (Å²) in [5, 5.41) is 4.71. The van der Waals surface area contributed by atoms with Gasteiger partial charge in [0.15, 0.2) is 0 Å². The van der Waals surface area contributed by atoms with E-state index >= 15 is 0 Å². The van der Waals surface area contributed by atoms with Gasteiger partial charge in [0.05, 0.1) is 6.20 Å². The van der Waals surface area contributed by atoms with Gasteiger partial charge in [0.1, 0.15) is 15.9 Å². The normalized spacial score (nSPS) is 10.3. The molecule has 0 aliphatic rings. The Hall–Kier alpha value is -1.89. The fraction of sp³-hybridized carbons (Fsp3) is 0.273. The number of hydrogen-bond acceptors (Lipinski definition) is 7. The molecule has 0 unspecified atom stereocenters. The van der Waals surface area contributed by atoms with E-state index in [0.29, 0.717) is 0 Å². The highest BCUT2D eigenvalue weighted by molar-refractivity contribution is 7.99. The van der Waals surface area contributed by atoms with Crippen molar-refractivity contribution in [3.63, 3.8) is 0 Å². The van der Waals surface area contributed by atoms with Crippen LogP contribution in [0.25, 0.3) is 0 Å². The van der Waals surface area contributed by atoms with E-state index in [-0.39, 0.29) is 5.95 Å². The monoisotopic (exact) mass is 262 g/mol. The molecular formula is C11H14N6S. The second-order valence-electron chi connectivity index (χ2n) is 3.52. The predicted molar refractivity (Wildman–Crippen MR) is 71.4 cm³/mol. The van der Waals surface area contributed by atoms with Gasteiger partial charge in [-0.05, 0) is 18.2 Å². The molecule has 18 heavy (non-hydrogen) atoms. The Labute approximate surface area is 109 Å². The first kappa shape index (κ1) is 12.6. The SMILES string of the molecule is CCCNc1cc(Sc2cnccn2)nc(N)n1. The lowest BCUT2D eigenvalue weighted by Gasteiger charge is -2.06. The highest BCUT2D eigenvalue weighted by Gasteiger charge is 2.05. The third-order valence-electron chi connectivity index (χ3n) is 2.02. The largest absolute Gasteiger partial charge is 0.370 e. The quantitative estimate of drug-likeness (QED) is 0.794. The van der Waals surface area contributed by atoms with Crippen LogP contribution in [0.5, 0.6) is 0 Å². The number of anilines is 2. The van der Waals surface area contributed by atoms with Crippen LogP contribution in [0.1, 0.15) is 13.3 Å². The number of nitrogen functional groups attached to an aromatic ring is 1. The molecule has 0 aliphatic carbocycles. The third kappa shape index (κ3) is 3.56. The Morgan fingerprint density at radius 2 is 2.17 bits per heavy atom. The highest BCUT2D eigenvalue weighted by atomic mass is 32.2. The van der Waals surface area contributed by atoms with Crippen molar-refractivity contribution >= 4 is 23.5 Å². The Morgan fingerprint density at radius 1 is 1.28 bits per heavy atom. The van der Waals surface area contributed by atoms with Gasteiger partial charge in [-0.1, -0.05) is 6.92 Å². The van der Waals surface area contributed by atoms with E-state index in [1.165, 1.54) is 11.8 Å². The summed E-state index contributed by atoms with van der Waals surface area (Å²) in [5.74, 6) is 0.984. The summed E-state index contributed by atoms with van der Waals surface area (Å²) >= 11 is 1.40. The van der Waals surface area contributed by atoms with Crippen molar-refractivity contribution in [1.82, 2.24) is 19.9 Å². The van der Waals surface area contributed by atoms with Crippen molar-refractivity contribution in [2.75, 3.05) is 17.6 Å². The third-order valence-corrected chi connectivity index (χ3v) is 2.86. The highest BCUT2D eigenvalue weighted by Crippen LogP contribution is 2.25. The number of nitrogens with two attached hydrogens (primary N) is 1. The summed E-state index contributed by atoms with van der Waals surface area (Å²) < 4.78 is 0. The molecule has 94 valence electrons. The number of nitrogens with zero attached hydrogens (tertiary/aromatic N) is 4. The van der Waals surface area contributed by atoms with Gasteiger partial charge in [-0.15, -0.1) is 0 Å². The molecule has 0 fully saturated rings. The van der Waals surface area contributed by atoms with Crippen LogP contribution in [0.15, 0.2) is 34.7 Å². The number of hydrogen-bond donors (Lipinski definition) is 2. The molecule has 0 spiro atoms. The molecule has 3 N–H and O–H groups in total. The number of nitrogens with one attached hydrogen (secondary N) is 1. The van der Waals surface area contributed by atoms with Gasteiger partial charge in [-0.2, -0.15) is 4.98 Å². The Kier molecular flexibility index (Phi) is 4.30. The first-order chi connectivity index (χ1) is 8.78. The van der Waals surface area contributed by atoms with Crippen LogP contribution in [0.3, 0.4) is 0 Å². The van der Waals surface area contributed by atoms with Gasteiger partial charge in [0.25, 0.3) is 0 Å². The molecule has 2 rings (SSSR count). The lowest BCUT2D eigenvalue weighted by atomic mass is 10.4. The minimum absolute atomic E-state index is 0.252. The van der Waals surface area contributed by atoms with Crippen LogP contribution in [0.4, 0.5) is 11.8 Å². The first-order valence-electron chi connectivity index (χ1n) is 5.60. The van der Waals surface area contributed by atoms with Gasteiger partial charge < -0.3 is 11.1 Å². The lowest BCUT2D eigenvalue weighted by Crippen LogP contribution is -2.05. The van der Waals surface area contributed by atoms with Crippen LogP contribution in [0, 0.1) is 0 Å². The minimum atomic E-state index is 0.252. The van der Waals surface area contributed by atoms with Crippen molar-refractivity contribution in [3.8, 4) is 0 Å². The maximum absolute atomic E-state index is 5.67. The maximum Gasteiger partial charge on any atom is 0.223 e. The average Bonchev–Trinajstić information content (AvgIpc) is 2.37. The fourth-order valence-electron chi connectivity index (χ4n) is 1.28. The molecule has 0 aliphatic heterocycles. The molecule has 0 saturated carbocycles. The zero-order chi connectivity index (χ0) is 12.8. The standard InChI is InChI=1S/C11H14N6S/c1-2-3-14-8-6-9(17-11(12)16-8)18-10-7-13-4-5-15-10/h4-7H,2-3H2,1H3,(H3,12,14,16,17). The Bertz CT molecular complexity index is 504. The lowest BCUT2D eigenvalue weighted by molar-refractivity contribution is 0.955. The van der Waals surface area contributed by atoms with Gasteiger partial charge in [-0.25, -0.2) is 9.97 Å². The van der Waals surface area contributed by atoms with Gasteiger partial charge in [-0.3, -0.25) is 4.98 Å². The molecule has 0 radical (unpaired) electrons. The minimum Gasteiger partial charge on any atom is -0.370 e. The molecule has 2 heterocycles. The summed E-state index contributed by atoms with van der Waals surface area (Å²) in [5.41, 5.74) is 5.67. The Morgan fingerprint density at radius 3 is 2.89 bits per heavy atom. The van der Waals surface area contributed by atoms with Crippen LogP contribution in [0.2, 0.25) is 0 Å². The van der Waals surface area contributed by atoms with Crippen LogP contribution < -0.4 is 11.1 Å². The van der Waals surface area contributed by atoms with E-state index in [2.05, 4.69) is 32.2 Å². The van der Waals surface area contributed by atoms with E-state index in [1.54, 1.807) is 18.6 Å². The van der Waals surface area contributed by atoms with Gasteiger partial charge in [0, 0.05) is 25.0 Å². The summed E-state index contributed by atoms with van der Waals surface area (Å²) in [6, 6.07) is 1.85. The van der Waals surface area contributed by atoms with Crippen molar-refractivity contribution in [2.24, 2.45) is 0 Å². The van der Waals surface area contributed by atoms with E-state index in [9.17, 15) is 0 Å². The molecule has 2 aromatic rings. The zero-order valence-corrected chi connectivity index (χ0v) is 10.8. The second-order valence-corrected chi connectivity index (χ2v) is 4.56. The molecule has 0 atom stereocenters. The Balaban J connectivity index is 2.15. The molecule has 2 aromatic heterocycles. The van der Waals surface area contributed by atoms with Gasteiger partial charge in [0.2, 0.25) is 5.95 Å². The maximum atomic E-state index is 5.67. The van der Waals surface area contributed by atoms with Crippen LogP contribution in [-0.2, 0) is 0 Å². The fourth-order valence-corrected chi connectivity index (χ4v) is 2.04. The number of aromatic nitrogens is 4. The molecule has 0 saturated heterocycles. The van der Waals surface area contributed by atoms with E-state index in [1.807, 2.05) is 6.07 Å². The predicted octanol–water partition coefficient (Wildman–Crippen LogP) is 1.82. The number of rotatable bonds is 5. The molecule has 0 amide bonds. The molecule has 7 heteroatoms. The first-order valence-corrected chi connectivity index (χ1v) is 6.42. The topological polar surface area (TPSA) is 89.6 Å². The summed E-state index contributed by atoms with van der Waals surface area (Å²) in [4.78, 5) is 16.5. The molecule has 6 nitrogen and oxygen atoms in total. The summed E-state index contributed by atoms with van der Waals surface area (Å²) in [6.07, 6.45) is 5.98. The smallest absolute Gasteiger partial charge is 0.223 e.